The highest BCUT2D eigenvalue weighted by atomic mass is 35.5. The number of aryl methyl sites for hydroxylation is 1. The normalized spacial score (nSPS) is 19.2. The number of halogens is 2. The number of hydrogen-bond donors (Lipinski definition) is 1. The summed E-state index contributed by atoms with van der Waals surface area (Å²) < 4.78 is 19.0. The predicted molar refractivity (Wildman–Crippen MR) is 74.3 cm³/mol. The van der Waals surface area contributed by atoms with E-state index in [1.807, 2.05) is 13.8 Å². The van der Waals surface area contributed by atoms with Crippen LogP contribution in [-0.4, -0.2) is 24.9 Å². The van der Waals surface area contributed by atoms with Crippen LogP contribution in [0, 0.1) is 12.7 Å². The van der Waals surface area contributed by atoms with E-state index in [1.54, 1.807) is 6.92 Å². The third kappa shape index (κ3) is 3.22. The van der Waals surface area contributed by atoms with Gasteiger partial charge in [0.05, 0.1) is 16.7 Å². The summed E-state index contributed by atoms with van der Waals surface area (Å²) in [5, 5.41) is 0.106. The first-order valence-corrected chi connectivity index (χ1v) is 6.40. The standard InChI is InChI=1S/C10H9ClFNO2.C2H6.CH5N/c1-5-7(12)6-8(9(11)13-5)15-4-10(6,2)3-14;2*1-2/h3H,4H2,1-2H3;1-2H3;2H2,1H3. The van der Waals surface area contributed by atoms with Crippen LogP contribution in [0.15, 0.2) is 0 Å². The zero-order valence-corrected chi connectivity index (χ0v) is 12.6. The average molecular weight is 291 g/mol. The summed E-state index contributed by atoms with van der Waals surface area (Å²) in [7, 11) is 1.50. The first kappa shape index (κ1) is 17.8. The molecule has 4 nitrogen and oxygen atoms in total. The molecule has 1 aromatic rings. The Balaban J connectivity index is 0.000000741. The Kier molecular flexibility index (Phi) is 6.94. The molecule has 0 aliphatic carbocycles. The fourth-order valence-electron chi connectivity index (χ4n) is 1.66. The average Bonchev–Trinajstić information content (AvgIpc) is 2.80. The molecular formula is C13H20ClFN2O2. The summed E-state index contributed by atoms with van der Waals surface area (Å²) in [5.41, 5.74) is 3.93. The Morgan fingerprint density at radius 2 is 2.00 bits per heavy atom. The fraction of sp³-hybridized carbons (Fsp3) is 0.538. The molecule has 0 bridgehead atoms. The van der Waals surface area contributed by atoms with Gasteiger partial charge in [-0.25, -0.2) is 9.37 Å². The molecule has 2 heterocycles. The minimum Gasteiger partial charge on any atom is -0.489 e. The van der Waals surface area contributed by atoms with Crippen LogP contribution >= 0.6 is 11.6 Å². The van der Waals surface area contributed by atoms with Gasteiger partial charge in [0.1, 0.15) is 12.9 Å². The van der Waals surface area contributed by atoms with E-state index in [9.17, 15) is 9.18 Å². The van der Waals surface area contributed by atoms with Gasteiger partial charge in [0, 0.05) is 0 Å². The van der Waals surface area contributed by atoms with Crippen molar-refractivity contribution >= 4 is 17.9 Å². The van der Waals surface area contributed by atoms with E-state index >= 15 is 0 Å². The van der Waals surface area contributed by atoms with E-state index in [2.05, 4.69) is 10.7 Å². The number of hydrogen-bond acceptors (Lipinski definition) is 4. The van der Waals surface area contributed by atoms with Crippen LogP contribution in [0.3, 0.4) is 0 Å². The number of aromatic nitrogens is 1. The summed E-state index contributed by atoms with van der Waals surface area (Å²) in [6.45, 7) is 7.23. The minimum absolute atomic E-state index is 0.105. The van der Waals surface area contributed by atoms with Crippen LogP contribution in [-0.2, 0) is 10.2 Å². The largest absolute Gasteiger partial charge is 0.489 e. The van der Waals surface area contributed by atoms with Gasteiger partial charge in [0.2, 0.25) is 0 Å². The lowest BCUT2D eigenvalue weighted by atomic mass is 9.86. The summed E-state index contributed by atoms with van der Waals surface area (Å²) in [6, 6.07) is 0. The number of carbonyl (C=O) groups is 1. The third-order valence-corrected chi connectivity index (χ3v) is 2.82. The summed E-state index contributed by atoms with van der Waals surface area (Å²) in [6.07, 6.45) is 0.678. The van der Waals surface area contributed by atoms with Crippen LogP contribution in [0.5, 0.6) is 5.75 Å². The molecule has 0 fully saturated rings. The van der Waals surface area contributed by atoms with Gasteiger partial charge < -0.3 is 15.3 Å². The molecule has 0 saturated heterocycles. The van der Waals surface area contributed by atoms with Crippen molar-refractivity contribution < 1.29 is 13.9 Å². The molecule has 2 rings (SSSR count). The van der Waals surface area contributed by atoms with Crippen molar-refractivity contribution in [1.82, 2.24) is 4.98 Å². The molecule has 1 aliphatic rings. The smallest absolute Gasteiger partial charge is 0.171 e. The van der Waals surface area contributed by atoms with Crippen molar-refractivity contribution in [1.29, 1.82) is 0 Å². The third-order valence-electron chi connectivity index (χ3n) is 2.57. The van der Waals surface area contributed by atoms with E-state index in [1.165, 1.54) is 14.0 Å². The molecule has 0 spiro atoms. The molecule has 1 unspecified atom stereocenters. The minimum atomic E-state index is -0.962. The number of carbonyl (C=O) groups excluding carboxylic acids is 1. The van der Waals surface area contributed by atoms with Crippen LogP contribution in [0.4, 0.5) is 4.39 Å². The molecule has 1 aromatic heterocycles. The number of ether oxygens (including phenoxy) is 1. The molecule has 0 saturated carbocycles. The molecule has 0 aromatic carbocycles. The zero-order valence-electron chi connectivity index (χ0n) is 11.9. The maximum Gasteiger partial charge on any atom is 0.171 e. The zero-order chi connectivity index (χ0) is 15.2. The molecule has 1 aliphatic heterocycles. The number of fused-ring (bicyclic) bond motifs is 1. The number of nitrogens with two attached hydrogens (primary N) is 1. The molecular weight excluding hydrogens is 271 g/mol. The lowest BCUT2D eigenvalue weighted by Crippen LogP contribution is -2.26. The number of nitrogens with zero attached hydrogens (tertiary/aromatic N) is 1. The van der Waals surface area contributed by atoms with Crippen molar-refractivity contribution in [3.8, 4) is 5.75 Å². The van der Waals surface area contributed by atoms with Crippen LogP contribution in [0.1, 0.15) is 32.0 Å². The van der Waals surface area contributed by atoms with Crippen molar-refractivity contribution in [2.24, 2.45) is 5.73 Å². The van der Waals surface area contributed by atoms with Crippen LogP contribution < -0.4 is 10.5 Å². The molecule has 19 heavy (non-hydrogen) atoms. The number of pyridine rings is 1. The Morgan fingerprint density at radius 3 is 2.47 bits per heavy atom. The van der Waals surface area contributed by atoms with Gasteiger partial charge in [-0.15, -0.1) is 0 Å². The Morgan fingerprint density at radius 1 is 1.47 bits per heavy atom. The van der Waals surface area contributed by atoms with Gasteiger partial charge in [-0.05, 0) is 20.9 Å². The molecule has 1 atom stereocenters. The lowest BCUT2D eigenvalue weighted by Gasteiger charge is -2.14. The highest BCUT2D eigenvalue weighted by Crippen LogP contribution is 2.43. The van der Waals surface area contributed by atoms with Gasteiger partial charge in [-0.1, -0.05) is 25.4 Å². The first-order valence-electron chi connectivity index (χ1n) is 6.02. The quantitative estimate of drug-likeness (QED) is 0.638. The van der Waals surface area contributed by atoms with Crippen molar-refractivity contribution in [2.45, 2.75) is 33.1 Å². The Labute approximate surface area is 118 Å². The van der Waals surface area contributed by atoms with Crippen LogP contribution in [0.2, 0.25) is 5.15 Å². The van der Waals surface area contributed by atoms with Crippen LogP contribution in [0.25, 0.3) is 0 Å². The van der Waals surface area contributed by atoms with Gasteiger partial charge in [-0.2, -0.15) is 0 Å². The van der Waals surface area contributed by atoms with Crippen molar-refractivity contribution in [3.63, 3.8) is 0 Å². The topological polar surface area (TPSA) is 65.2 Å². The highest BCUT2D eigenvalue weighted by Gasteiger charge is 2.41. The molecule has 0 radical (unpaired) electrons. The predicted octanol–water partition coefficient (Wildman–Crippen LogP) is 2.63. The SMILES string of the molecule is CC.CN.Cc1nc(Cl)c2c(c1F)C(C)(C=O)CO2. The van der Waals surface area contributed by atoms with Crippen molar-refractivity contribution in [2.75, 3.05) is 13.7 Å². The Bertz CT molecular complexity index is 455. The summed E-state index contributed by atoms with van der Waals surface area (Å²) >= 11 is 5.81. The molecule has 6 heteroatoms. The van der Waals surface area contributed by atoms with Gasteiger partial charge in [-0.3, -0.25) is 0 Å². The second-order valence-electron chi connectivity index (χ2n) is 3.83. The summed E-state index contributed by atoms with van der Waals surface area (Å²) in [4.78, 5) is 14.8. The van der Waals surface area contributed by atoms with E-state index < -0.39 is 11.2 Å². The molecule has 108 valence electrons. The summed E-state index contributed by atoms with van der Waals surface area (Å²) in [5.74, 6) is -0.323. The highest BCUT2D eigenvalue weighted by molar-refractivity contribution is 6.31. The molecule has 0 amide bonds. The monoisotopic (exact) mass is 290 g/mol. The molecule has 2 N–H and O–H groups in total. The second-order valence-corrected chi connectivity index (χ2v) is 4.19. The van der Waals surface area contributed by atoms with E-state index in [-0.39, 0.29) is 28.8 Å². The number of aldehydes is 1. The maximum absolute atomic E-state index is 13.8. The van der Waals surface area contributed by atoms with Gasteiger partial charge in [0.15, 0.2) is 16.7 Å². The first-order chi connectivity index (χ1) is 8.99. The van der Waals surface area contributed by atoms with E-state index in [4.69, 9.17) is 16.3 Å². The van der Waals surface area contributed by atoms with Gasteiger partial charge >= 0.3 is 0 Å². The Hall–Kier alpha value is -1.20. The van der Waals surface area contributed by atoms with Crippen molar-refractivity contribution in [3.05, 3.63) is 22.2 Å². The second kappa shape index (κ2) is 7.40. The fourth-order valence-corrected chi connectivity index (χ4v) is 1.94. The number of rotatable bonds is 1. The maximum atomic E-state index is 13.8. The van der Waals surface area contributed by atoms with E-state index in [0.29, 0.717) is 6.29 Å². The van der Waals surface area contributed by atoms with E-state index in [0.717, 1.165) is 0 Å². The lowest BCUT2D eigenvalue weighted by molar-refractivity contribution is -0.112. The van der Waals surface area contributed by atoms with Gasteiger partial charge in [0.25, 0.3) is 0 Å².